The standard InChI is InChI=1S/C14H16ClNO5/c1-14(21-7-13(18)19)8-16(9-14)12(17)6-20-11-4-2-3-10(15)5-11/h2-5H,6-9H2,1H3,(H,18,19). The van der Waals surface area contributed by atoms with Crippen molar-refractivity contribution in [1.29, 1.82) is 0 Å². The van der Waals surface area contributed by atoms with E-state index in [1.165, 1.54) is 0 Å². The number of hydrogen-bond acceptors (Lipinski definition) is 4. The van der Waals surface area contributed by atoms with Gasteiger partial charge in [-0.2, -0.15) is 0 Å². The van der Waals surface area contributed by atoms with Gasteiger partial charge < -0.3 is 19.5 Å². The summed E-state index contributed by atoms with van der Waals surface area (Å²) in [6.45, 7) is 2.04. The number of nitrogens with zero attached hydrogens (tertiary/aromatic N) is 1. The summed E-state index contributed by atoms with van der Waals surface area (Å²) >= 11 is 5.82. The zero-order valence-corrected chi connectivity index (χ0v) is 12.3. The minimum Gasteiger partial charge on any atom is -0.484 e. The van der Waals surface area contributed by atoms with Crippen molar-refractivity contribution >= 4 is 23.5 Å². The number of aliphatic carboxylic acids is 1. The molecule has 0 aromatic heterocycles. The largest absolute Gasteiger partial charge is 0.484 e. The molecule has 0 atom stereocenters. The van der Waals surface area contributed by atoms with Crippen molar-refractivity contribution < 1.29 is 24.2 Å². The number of rotatable bonds is 6. The van der Waals surface area contributed by atoms with Crippen LogP contribution in [-0.2, 0) is 14.3 Å². The maximum absolute atomic E-state index is 11.9. The average molecular weight is 314 g/mol. The normalized spacial score (nSPS) is 16.2. The number of ether oxygens (including phenoxy) is 2. The van der Waals surface area contributed by atoms with Crippen LogP contribution in [0.25, 0.3) is 0 Å². The van der Waals surface area contributed by atoms with Crippen LogP contribution in [0.15, 0.2) is 24.3 Å². The van der Waals surface area contributed by atoms with Crippen molar-refractivity contribution in [3.8, 4) is 5.75 Å². The molecule has 114 valence electrons. The molecule has 1 amide bonds. The Morgan fingerprint density at radius 1 is 1.38 bits per heavy atom. The number of carboxylic acids is 1. The maximum Gasteiger partial charge on any atom is 0.329 e. The second-order valence-electron chi connectivity index (χ2n) is 5.13. The number of carbonyl (C=O) groups excluding carboxylic acids is 1. The highest BCUT2D eigenvalue weighted by Crippen LogP contribution is 2.25. The lowest BCUT2D eigenvalue weighted by atomic mass is 9.96. The first-order valence-corrected chi connectivity index (χ1v) is 6.78. The molecule has 0 unspecified atom stereocenters. The summed E-state index contributed by atoms with van der Waals surface area (Å²) in [6, 6.07) is 6.81. The summed E-state index contributed by atoms with van der Waals surface area (Å²) in [5, 5.41) is 9.11. The molecule has 1 saturated heterocycles. The van der Waals surface area contributed by atoms with E-state index in [0.717, 1.165) is 0 Å². The fraction of sp³-hybridized carbons (Fsp3) is 0.429. The molecule has 1 aliphatic rings. The topological polar surface area (TPSA) is 76.1 Å². The lowest BCUT2D eigenvalue weighted by molar-refractivity contribution is -0.174. The van der Waals surface area contributed by atoms with E-state index in [9.17, 15) is 9.59 Å². The van der Waals surface area contributed by atoms with Crippen LogP contribution in [0.3, 0.4) is 0 Å². The zero-order chi connectivity index (χ0) is 15.5. The molecule has 21 heavy (non-hydrogen) atoms. The smallest absolute Gasteiger partial charge is 0.329 e. The monoisotopic (exact) mass is 313 g/mol. The molecule has 0 spiro atoms. The van der Waals surface area contributed by atoms with Gasteiger partial charge in [0.25, 0.3) is 5.91 Å². The number of amides is 1. The molecule has 1 N–H and O–H groups in total. The van der Waals surface area contributed by atoms with Crippen LogP contribution in [0.1, 0.15) is 6.92 Å². The Labute approximate surface area is 127 Å². The van der Waals surface area contributed by atoms with Gasteiger partial charge in [0.15, 0.2) is 6.61 Å². The minimum atomic E-state index is -1.02. The van der Waals surface area contributed by atoms with Gasteiger partial charge >= 0.3 is 5.97 Å². The molecular formula is C14H16ClNO5. The van der Waals surface area contributed by atoms with Crippen molar-refractivity contribution in [2.24, 2.45) is 0 Å². The molecule has 0 aliphatic carbocycles. The van der Waals surface area contributed by atoms with Gasteiger partial charge in [-0.1, -0.05) is 17.7 Å². The summed E-state index contributed by atoms with van der Waals surface area (Å²) in [7, 11) is 0. The van der Waals surface area contributed by atoms with Crippen LogP contribution in [0.4, 0.5) is 0 Å². The van der Waals surface area contributed by atoms with Crippen molar-refractivity contribution in [2.45, 2.75) is 12.5 Å². The highest BCUT2D eigenvalue weighted by atomic mass is 35.5. The summed E-state index contributed by atoms with van der Waals surface area (Å²) < 4.78 is 10.6. The molecular weight excluding hydrogens is 298 g/mol. The van der Waals surface area contributed by atoms with Crippen molar-refractivity contribution in [3.05, 3.63) is 29.3 Å². The van der Waals surface area contributed by atoms with E-state index in [0.29, 0.717) is 23.9 Å². The fourth-order valence-electron chi connectivity index (χ4n) is 2.06. The lowest BCUT2D eigenvalue weighted by Crippen LogP contribution is -2.64. The maximum atomic E-state index is 11.9. The number of halogens is 1. The van der Waals surface area contributed by atoms with Crippen LogP contribution < -0.4 is 4.74 Å². The van der Waals surface area contributed by atoms with Gasteiger partial charge in [0.1, 0.15) is 18.0 Å². The van der Waals surface area contributed by atoms with Gasteiger partial charge in [0.05, 0.1) is 13.1 Å². The van der Waals surface area contributed by atoms with E-state index >= 15 is 0 Å². The predicted octanol–water partition coefficient (Wildman–Crippen LogP) is 1.42. The molecule has 1 fully saturated rings. The Bertz CT molecular complexity index is 542. The van der Waals surface area contributed by atoms with Gasteiger partial charge in [0.2, 0.25) is 0 Å². The van der Waals surface area contributed by atoms with E-state index < -0.39 is 11.6 Å². The number of carbonyl (C=O) groups is 2. The van der Waals surface area contributed by atoms with Gasteiger partial charge in [-0.3, -0.25) is 4.79 Å². The van der Waals surface area contributed by atoms with Crippen LogP contribution >= 0.6 is 11.6 Å². The van der Waals surface area contributed by atoms with Crippen molar-refractivity contribution in [3.63, 3.8) is 0 Å². The van der Waals surface area contributed by atoms with Gasteiger partial charge in [0, 0.05) is 5.02 Å². The molecule has 0 saturated carbocycles. The second-order valence-corrected chi connectivity index (χ2v) is 5.56. The fourth-order valence-corrected chi connectivity index (χ4v) is 2.24. The molecule has 1 heterocycles. The minimum absolute atomic E-state index is 0.0879. The third kappa shape index (κ3) is 4.34. The van der Waals surface area contributed by atoms with Crippen LogP contribution in [0.5, 0.6) is 5.75 Å². The van der Waals surface area contributed by atoms with Gasteiger partial charge in [-0.15, -0.1) is 0 Å². The van der Waals surface area contributed by atoms with Gasteiger partial charge in [-0.05, 0) is 25.1 Å². The van der Waals surface area contributed by atoms with Crippen molar-refractivity contribution in [2.75, 3.05) is 26.3 Å². The molecule has 7 heteroatoms. The van der Waals surface area contributed by atoms with E-state index in [2.05, 4.69) is 0 Å². The molecule has 6 nitrogen and oxygen atoms in total. The molecule has 1 aliphatic heterocycles. The molecule has 0 radical (unpaired) electrons. The number of carboxylic acid groups (broad SMARTS) is 1. The summed E-state index contributed by atoms with van der Waals surface area (Å²) in [4.78, 5) is 23.9. The first-order valence-electron chi connectivity index (χ1n) is 6.40. The van der Waals surface area contributed by atoms with Crippen molar-refractivity contribution in [1.82, 2.24) is 4.90 Å². The molecule has 2 rings (SSSR count). The summed E-state index contributed by atoms with van der Waals surface area (Å²) in [5.74, 6) is -0.669. The first kappa shape index (κ1) is 15.6. The SMILES string of the molecule is CC1(OCC(=O)O)CN(C(=O)COc2cccc(Cl)c2)C1. The first-order chi connectivity index (χ1) is 9.88. The number of likely N-dealkylation sites (tertiary alicyclic amines) is 1. The quantitative estimate of drug-likeness (QED) is 0.859. The van der Waals surface area contributed by atoms with Crippen LogP contribution in [-0.4, -0.2) is 53.8 Å². The highest BCUT2D eigenvalue weighted by molar-refractivity contribution is 6.30. The Kier molecular flexibility index (Phi) is 4.69. The highest BCUT2D eigenvalue weighted by Gasteiger charge is 2.42. The van der Waals surface area contributed by atoms with E-state index in [1.807, 2.05) is 0 Å². The third-order valence-corrected chi connectivity index (χ3v) is 3.34. The molecule has 1 aromatic carbocycles. The summed E-state index contributed by atoms with van der Waals surface area (Å²) in [5.41, 5.74) is -0.593. The average Bonchev–Trinajstić information content (AvgIpc) is 2.39. The Morgan fingerprint density at radius 2 is 2.10 bits per heavy atom. The predicted molar refractivity (Wildman–Crippen MR) is 75.5 cm³/mol. The third-order valence-electron chi connectivity index (χ3n) is 3.11. The van der Waals surface area contributed by atoms with Crippen LogP contribution in [0, 0.1) is 0 Å². The molecule has 0 bridgehead atoms. The second kappa shape index (κ2) is 6.32. The van der Waals surface area contributed by atoms with Gasteiger partial charge in [-0.25, -0.2) is 4.79 Å². The van der Waals surface area contributed by atoms with E-state index in [4.69, 9.17) is 26.2 Å². The number of benzene rings is 1. The van der Waals surface area contributed by atoms with E-state index in [1.54, 1.807) is 36.1 Å². The number of hydrogen-bond donors (Lipinski definition) is 1. The molecule has 1 aromatic rings. The van der Waals surface area contributed by atoms with Crippen LogP contribution in [0.2, 0.25) is 5.02 Å². The zero-order valence-electron chi connectivity index (χ0n) is 11.5. The Balaban J connectivity index is 1.75. The Morgan fingerprint density at radius 3 is 2.71 bits per heavy atom. The van der Waals surface area contributed by atoms with E-state index in [-0.39, 0.29) is 19.1 Å². The summed E-state index contributed by atoms with van der Waals surface area (Å²) in [6.07, 6.45) is 0. The Hall–Kier alpha value is -1.79. The lowest BCUT2D eigenvalue weighted by Gasteiger charge is -2.47.